The summed E-state index contributed by atoms with van der Waals surface area (Å²) in [4.78, 5) is 34.4. The van der Waals surface area contributed by atoms with Crippen molar-refractivity contribution >= 4 is 22.8 Å². The summed E-state index contributed by atoms with van der Waals surface area (Å²) in [6.45, 7) is 7.72. The summed E-state index contributed by atoms with van der Waals surface area (Å²) in [7, 11) is 0. The highest BCUT2D eigenvalue weighted by Gasteiger charge is 2.40. The molecule has 1 aromatic carbocycles. The number of benzene rings is 1. The second-order valence-corrected chi connectivity index (χ2v) is 9.42. The summed E-state index contributed by atoms with van der Waals surface area (Å²) in [6, 6.07) is 9.94. The van der Waals surface area contributed by atoms with Crippen LogP contribution in [0.4, 0.5) is 4.79 Å². The van der Waals surface area contributed by atoms with Gasteiger partial charge in [-0.3, -0.25) is 9.78 Å². The molecule has 0 N–H and O–H groups in total. The van der Waals surface area contributed by atoms with Gasteiger partial charge in [0.15, 0.2) is 0 Å². The Morgan fingerprint density at radius 1 is 1.07 bits per heavy atom. The van der Waals surface area contributed by atoms with Gasteiger partial charge in [0.25, 0.3) is 5.91 Å². The van der Waals surface area contributed by atoms with Crippen LogP contribution in [0.3, 0.4) is 0 Å². The minimum absolute atomic E-state index is 0.0154. The van der Waals surface area contributed by atoms with Crippen LogP contribution in [0, 0.1) is 5.92 Å². The summed E-state index contributed by atoms with van der Waals surface area (Å²) in [5, 5.41) is 1.92. The van der Waals surface area contributed by atoms with Crippen LogP contribution >= 0.6 is 0 Å². The van der Waals surface area contributed by atoms with Gasteiger partial charge in [0.05, 0.1) is 0 Å². The molecule has 6 heteroatoms. The maximum absolute atomic E-state index is 13.3. The maximum Gasteiger partial charge on any atom is 0.410 e. The number of piperidine rings is 1. The number of aromatic nitrogens is 1. The topological polar surface area (TPSA) is 62.7 Å². The van der Waals surface area contributed by atoms with Gasteiger partial charge in [0, 0.05) is 37.3 Å². The Kier molecular flexibility index (Phi) is 5.67. The van der Waals surface area contributed by atoms with Gasteiger partial charge in [-0.1, -0.05) is 30.7 Å². The smallest absolute Gasteiger partial charge is 0.410 e. The Labute approximate surface area is 178 Å². The number of carbonyl (C=O) groups excluding carboxylic acids is 2. The van der Waals surface area contributed by atoms with E-state index in [4.69, 9.17) is 4.74 Å². The Hall–Kier alpha value is -2.63. The van der Waals surface area contributed by atoms with E-state index in [1.165, 1.54) is 0 Å². The molecule has 0 aliphatic carbocycles. The number of rotatable bonds is 1. The molecule has 160 valence electrons. The number of pyridine rings is 1. The second kappa shape index (κ2) is 8.25. The molecule has 2 aliphatic rings. The lowest BCUT2D eigenvalue weighted by Crippen LogP contribution is -2.54. The highest BCUT2D eigenvalue weighted by atomic mass is 16.6. The molecule has 0 spiro atoms. The first-order valence-corrected chi connectivity index (χ1v) is 11.0. The largest absolute Gasteiger partial charge is 0.444 e. The van der Waals surface area contributed by atoms with Gasteiger partial charge in [0.1, 0.15) is 11.3 Å². The van der Waals surface area contributed by atoms with Gasteiger partial charge in [-0.2, -0.15) is 0 Å². The summed E-state index contributed by atoms with van der Waals surface area (Å²) in [5.41, 5.74) is 0.0134. The molecule has 0 saturated carbocycles. The molecular formula is C24H31N3O3. The molecule has 3 heterocycles. The van der Waals surface area contributed by atoms with Crippen LogP contribution in [-0.2, 0) is 4.74 Å². The average molecular weight is 410 g/mol. The van der Waals surface area contributed by atoms with Gasteiger partial charge in [0.2, 0.25) is 0 Å². The van der Waals surface area contributed by atoms with Crippen LogP contribution < -0.4 is 0 Å². The predicted molar refractivity (Wildman–Crippen MR) is 116 cm³/mol. The lowest BCUT2D eigenvalue weighted by Gasteiger charge is -2.42. The monoisotopic (exact) mass is 409 g/mol. The van der Waals surface area contributed by atoms with E-state index in [1.807, 2.05) is 60.9 Å². The minimum Gasteiger partial charge on any atom is -0.444 e. The molecule has 2 fully saturated rings. The molecule has 0 bridgehead atoms. The van der Waals surface area contributed by atoms with Crippen LogP contribution in [0.2, 0.25) is 0 Å². The molecular weight excluding hydrogens is 378 g/mol. The van der Waals surface area contributed by atoms with Crippen molar-refractivity contribution in [3.63, 3.8) is 0 Å². The number of likely N-dealkylation sites (tertiary alicyclic amines) is 2. The van der Waals surface area contributed by atoms with Crippen molar-refractivity contribution < 1.29 is 14.3 Å². The molecule has 2 aliphatic heterocycles. The summed E-state index contributed by atoms with van der Waals surface area (Å²) in [6.07, 6.45) is 5.32. The molecule has 1 aromatic heterocycles. The van der Waals surface area contributed by atoms with E-state index < -0.39 is 5.60 Å². The Bertz CT molecular complexity index is 931. The molecule has 0 radical (unpaired) electrons. The van der Waals surface area contributed by atoms with E-state index in [0.29, 0.717) is 18.8 Å². The number of hydrogen-bond donors (Lipinski definition) is 0. The quantitative estimate of drug-likeness (QED) is 0.696. The van der Waals surface area contributed by atoms with Crippen LogP contribution in [-0.4, -0.2) is 58.1 Å². The summed E-state index contributed by atoms with van der Waals surface area (Å²) >= 11 is 0. The summed E-state index contributed by atoms with van der Waals surface area (Å²) in [5.74, 6) is 0.256. The Morgan fingerprint density at radius 2 is 1.87 bits per heavy atom. The molecule has 2 atom stereocenters. The zero-order valence-corrected chi connectivity index (χ0v) is 18.1. The normalized spacial score (nSPS) is 22.4. The minimum atomic E-state index is -0.504. The third-order valence-corrected chi connectivity index (χ3v) is 6.11. The van der Waals surface area contributed by atoms with Gasteiger partial charge < -0.3 is 14.5 Å². The van der Waals surface area contributed by atoms with Gasteiger partial charge in [-0.05, 0) is 57.4 Å². The highest BCUT2D eigenvalue weighted by Crippen LogP contribution is 2.32. The standard InChI is InChI=1S/C24H31N3O3/c1-24(2,3)30-23(29)27-14-7-6-9-18-16-26(15-12-20(18)27)22(28)21-19-10-5-4-8-17(19)11-13-25-21/h4-5,8,10-11,13,18,20H,6-7,9,12,14-16H2,1-3H3/t18-,20+/m0/s1. The van der Waals surface area contributed by atoms with Crippen molar-refractivity contribution in [3.8, 4) is 0 Å². The third kappa shape index (κ3) is 4.27. The number of ether oxygens (including phenoxy) is 1. The second-order valence-electron chi connectivity index (χ2n) is 9.42. The van der Waals surface area contributed by atoms with Crippen molar-refractivity contribution in [1.82, 2.24) is 14.8 Å². The number of hydrogen-bond acceptors (Lipinski definition) is 4. The fraction of sp³-hybridized carbons (Fsp3) is 0.542. The van der Waals surface area contributed by atoms with Crippen LogP contribution in [0.5, 0.6) is 0 Å². The van der Waals surface area contributed by atoms with E-state index in [9.17, 15) is 9.59 Å². The zero-order chi connectivity index (χ0) is 21.3. The third-order valence-electron chi connectivity index (χ3n) is 6.11. The number of amides is 2. The lowest BCUT2D eigenvalue weighted by molar-refractivity contribution is 0.000705. The highest BCUT2D eigenvalue weighted by molar-refractivity contribution is 6.05. The fourth-order valence-corrected chi connectivity index (χ4v) is 4.74. The fourth-order valence-electron chi connectivity index (χ4n) is 4.74. The Morgan fingerprint density at radius 3 is 2.67 bits per heavy atom. The molecule has 0 unspecified atom stereocenters. The van der Waals surface area contributed by atoms with Crippen molar-refractivity contribution in [1.29, 1.82) is 0 Å². The molecule has 6 nitrogen and oxygen atoms in total. The van der Waals surface area contributed by atoms with Crippen molar-refractivity contribution in [2.24, 2.45) is 5.92 Å². The lowest BCUT2D eigenvalue weighted by atomic mass is 9.88. The van der Waals surface area contributed by atoms with E-state index in [-0.39, 0.29) is 24.0 Å². The molecule has 2 amide bonds. The van der Waals surface area contributed by atoms with Gasteiger partial charge in [-0.25, -0.2) is 4.79 Å². The molecule has 2 aromatic rings. The van der Waals surface area contributed by atoms with Gasteiger partial charge in [-0.15, -0.1) is 0 Å². The predicted octanol–water partition coefficient (Wildman–Crippen LogP) is 4.49. The van der Waals surface area contributed by atoms with Gasteiger partial charge >= 0.3 is 6.09 Å². The van der Waals surface area contributed by atoms with E-state index >= 15 is 0 Å². The first-order valence-electron chi connectivity index (χ1n) is 11.0. The first-order chi connectivity index (χ1) is 14.3. The van der Waals surface area contributed by atoms with E-state index in [0.717, 1.165) is 43.0 Å². The maximum atomic E-state index is 13.3. The average Bonchev–Trinajstić information content (AvgIpc) is 2.93. The van der Waals surface area contributed by atoms with Crippen molar-refractivity contribution in [2.75, 3.05) is 19.6 Å². The van der Waals surface area contributed by atoms with Crippen molar-refractivity contribution in [3.05, 3.63) is 42.2 Å². The first kappa shape index (κ1) is 20.6. The molecule has 2 saturated heterocycles. The molecule has 4 rings (SSSR count). The molecule has 30 heavy (non-hydrogen) atoms. The van der Waals surface area contributed by atoms with E-state index in [1.54, 1.807) is 6.20 Å². The van der Waals surface area contributed by atoms with Crippen LogP contribution in [0.25, 0.3) is 10.8 Å². The summed E-state index contributed by atoms with van der Waals surface area (Å²) < 4.78 is 5.67. The van der Waals surface area contributed by atoms with Crippen LogP contribution in [0.15, 0.2) is 36.5 Å². The number of fused-ring (bicyclic) bond motifs is 2. The van der Waals surface area contributed by atoms with E-state index in [2.05, 4.69) is 4.98 Å². The Balaban J connectivity index is 1.52. The SMILES string of the molecule is CC(C)(C)OC(=O)N1CCCC[C@H]2CN(C(=O)c3nccc4ccccc34)CC[C@H]21. The van der Waals surface area contributed by atoms with Crippen molar-refractivity contribution in [2.45, 2.75) is 58.1 Å². The number of carbonyl (C=O) groups is 2. The zero-order valence-electron chi connectivity index (χ0n) is 18.1. The number of nitrogens with zero attached hydrogens (tertiary/aromatic N) is 3. The van der Waals surface area contributed by atoms with Crippen LogP contribution in [0.1, 0.15) is 56.9 Å².